The van der Waals surface area contributed by atoms with Crippen LogP contribution < -0.4 is 15.0 Å². The first kappa shape index (κ1) is 13.2. The molecule has 0 aliphatic carbocycles. The summed E-state index contributed by atoms with van der Waals surface area (Å²) in [5.41, 5.74) is 2.50. The summed E-state index contributed by atoms with van der Waals surface area (Å²) in [6.07, 6.45) is 1.17. The molecule has 1 aromatic rings. The molecule has 2 atom stereocenters. The van der Waals surface area contributed by atoms with Gasteiger partial charge in [-0.05, 0) is 44.9 Å². The van der Waals surface area contributed by atoms with Crippen molar-refractivity contribution in [3.8, 4) is 5.75 Å². The molecule has 0 spiro atoms. The van der Waals surface area contributed by atoms with Gasteiger partial charge in [0, 0.05) is 25.2 Å². The van der Waals surface area contributed by atoms with E-state index in [1.165, 1.54) is 17.7 Å². The molecule has 0 aromatic heterocycles. The predicted molar refractivity (Wildman–Crippen MR) is 76.6 cm³/mol. The number of anilines is 1. The fourth-order valence-corrected chi connectivity index (χ4v) is 2.52. The molecule has 100 valence electrons. The largest absolute Gasteiger partial charge is 0.495 e. The van der Waals surface area contributed by atoms with Gasteiger partial charge in [-0.3, -0.25) is 0 Å². The van der Waals surface area contributed by atoms with Crippen LogP contribution in [0.3, 0.4) is 0 Å². The van der Waals surface area contributed by atoms with Gasteiger partial charge in [0.25, 0.3) is 0 Å². The van der Waals surface area contributed by atoms with Gasteiger partial charge in [0.15, 0.2) is 0 Å². The highest BCUT2D eigenvalue weighted by Gasteiger charge is 2.22. The second-order valence-corrected chi connectivity index (χ2v) is 5.32. The fraction of sp³-hybridized carbons (Fsp3) is 0.600. The molecule has 1 aliphatic heterocycles. The number of aryl methyl sites for hydroxylation is 1. The van der Waals surface area contributed by atoms with E-state index < -0.39 is 0 Å². The molecule has 0 radical (unpaired) electrons. The first-order valence-corrected chi connectivity index (χ1v) is 6.76. The zero-order valence-electron chi connectivity index (χ0n) is 11.9. The lowest BCUT2D eigenvalue weighted by Gasteiger charge is -2.30. The second kappa shape index (κ2) is 5.61. The summed E-state index contributed by atoms with van der Waals surface area (Å²) in [4.78, 5) is 2.46. The van der Waals surface area contributed by atoms with Crippen molar-refractivity contribution in [2.75, 3.05) is 25.1 Å². The molecule has 3 nitrogen and oxygen atoms in total. The number of methoxy groups -OCH3 is 1. The van der Waals surface area contributed by atoms with Gasteiger partial charge in [-0.2, -0.15) is 0 Å². The van der Waals surface area contributed by atoms with Crippen LogP contribution in [0.15, 0.2) is 18.2 Å². The van der Waals surface area contributed by atoms with Gasteiger partial charge in [0.2, 0.25) is 0 Å². The van der Waals surface area contributed by atoms with Gasteiger partial charge in [0.1, 0.15) is 5.75 Å². The van der Waals surface area contributed by atoms with Crippen molar-refractivity contribution in [3.05, 3.63) is 23.8 Å². The van der Waals surface area contributed by atoms with Crippen LogP contribution in [0, 0.1) is 6.92 Å². The summed E-state index contributed by atoms with van der Waals surface area (Å²) in [6.45, 7) is 8.76. The van der Waals surface area contributed by atoms with E-state index in [0.717, 1.165) is 18.8 Å². The molecule has 0 bridgehead atoms. The normalized spacial score (nSPS) is 24.8. The standard InChI is InChI=1S/C15H24N2O/c1-11-5-6-15(18-4)14(9-11)17-8-7-12(2)16-10-13(17)3/h5-6,9,12-13,16H,7-8,10H2,1-4H3. The minimum absolute atomic E-state index is 0.491. The van der Waals surface area contributed by atoms with Gasteiger partial charge in [-0.25, -0.2) is 0 Å². The summed E-state index contributed by atoms with van der Waals surface area (Å²) >= 11 is 0. The van der Waals surface area contributed by atoms with E-state index in [2.05, 4.69) is 49.2 Å². The maximum absolute atomic E-state index is 5.51. The molecule has 3 heteroatoms. The van der Waals surface area contributed by atoms with Gasteiger partial charge < -0.3 is 15.0 Å². The average molecular weight is 248 g/mol. The van der Waals surface area contributed by atoms with Crippen molar-refractivity contribution in [1.29, 1.82) is 0 Å². The Bertz CT molecular complexity index is 405. The van der Waals surface area contributed by atoms with E-state index in [0.29, 0.717) is 12.1 Å². The third-order valence-electron chi connectivity index (χ3n) is 3.74. The molecule has 1 heterocycles. The zero-order chi connectivity index (χ0) is 13.1. The van der Waals surface area contributed by atoms with Crippen LogP contribution in [0.5, 0.6) is 5.75 Å². The minimum Gasteiger partial charge on any atom is -0.495 e. The summed E-state index contributed by atoms with van der Waals surface area (Å²) in [6, 6.07) is 7.48. The van der Waals surface area contributed by atoms with Crippen molar-refractivity contribution in [1.82, 2.24) is 5.32 Å². The van der Waals surface area contributed by atoms with Crippen LogP contribution in [-0.2, 0) is 0 Å². The first-order chi connectivity index (χ1) is 8.61. The molecule has 2 unspecified atom stereocenters. The number of benzene rings is 1. The lowest BCUT2D eigenvalue weighted by molar-refractivity contribution is 0.413. The van der Waals surface area contributed by atoms with Crippen LogP contribution in [0.25, 0.3) is 0 Å². The molecule has 0 amide bonds. The average Bonchev–Trinajstić information content (AvgIpc) is 2.52. The first-order valence-electron chi connectivity index (χ1n) is 6.76. The Balaban J connectivity index is 2.30. The Morgan fingerprint density at radius 3 is 2.83 bits per heavy atom. The number of hydrogen-bond acceptors (Lipinski definition) is 3. The van der Waals surface area contributed by atoms with E-state index >= 15 is 0 Å². The number of nitrogens with zero attached hydrogens (tertiary/aromatic N) is 1. The van der Waals surface area contributed by atoms with Gasteiger partial charge in [0.05, 0.1) is 12.8 Å². The number of hydrogen-bond donors (Lipinski definition) is 1. The third kappa shape index (κ3) is 2.78. The van der Waals surface area contributed by atoms with E-state index in [1.807, 2.05) is 0 Å². The highest BCUT2D eigenvalue weighted by molar-refractivity contribution is 5.60. The monoisotopic (exact) mass is 248 g/mol. The van der Waals surface area contributed by atoms with Crippen molar-refractivity contribution in [3.63, 3.8) is 0 Å². The predicted octanol–water partition coefficient (Wildman–Crippen LogP) is 2.58. The molecule has 1 aliphatic rings. The molecule has 1 aromatic carbocycles. The number of ether oxygens (including phenoxy) is 1. The van der Waals surface area contributed by atoms with Gasteiger partial charge in [-0.15, -0.1) is 0 Å². The molecular weight excluding hydrogens is 224 g/mol. The summed E-state index contributed by atoms with van der Waals surface area (Å²) in [5.74, 6) is 0.974. The Kier molecular flexibility index (Phi) is 4.12. The fourth-order valence-electron chi connectivity index (χ4n) is 2.52. The number of rotatable bonds is 2. The Labute approximate surface area is 110 Å². The Hall–Kier alpha value is -1.22. The molecule has 1 saturated heterocycles. The lowest BCUT2D eigenvalue weighted by Crippen LogP contribution is -2.38. The van der Waals surface area contributed by atoms with Crippen molar-refractivity contribution in [2.45, 2.75) is 39.3 Å². The maximum atomic E-state index is 5.51. The Morgan fingerprint density at radius 1 is 1.33 bits per heavy atom. The SMILES string of the molecule is COc1ccc(C)cc1N1CCC(C)NCC1C. The summed E-state index contributed by atoms with van der Waals surface area (Å²) in [7, 11) is 1.75. The highest BCUT2D eigenvalue weighted by atomic mass is 16.5. The van der Waals surface area contributed by atoms with E-state index in [-0.39, 0.29) is 0 Å². The summed E-state index contributed by atoms with van der Waals surface area (Å²) in [5, 5.41) is 3.56. The van der Waals surface area contributed by atoms with Crippen LogP contribution in [0.2, 0.25) is 0 Å². The topological polar surface area (TPSA) is 24.5 Å². The van der Waals surface area contributed by atoms with Crippen molar-refractivity contribution >= 4 is 5.69 Å². The van der Waals surface area contributed by atoms with Crippen LogP contribution >= 0.6 is 0 Å². The second-order valence-electron chi connectivity index (χ2n) is 5.32. The van der Waals surface area contributed by atoms with E-state index in [9.17, 15) is 0 Å². The minimum atomic E-state index is 0.491. The smallest absolute Gasteiger partial charge is 0.142 e. The maximum Gasteiger partial charge on any atom is 0.142 e. The molecule has 2 rings (SSSR count). The molecular formula is C15H24N2O. The molecule has 18 heavy (non-hydrogen) atoms. The summed E-state index contributed by atoms with van der Waals surface area (Å²) < 4.78 is 5.51. The molecule has 0 saturated carbocycles. The van der Waals surface area contributed by atoms with Gasteiger partial charge >= 0.3 is 0 Å². The third-order valence-corrected chi connectivity index (χ3v) is 3.74. The zero-order valence-corrected chi connectivity index (χ0v) is 11.9. The van der Waals surface area contributed by atoms with Crippen LogP contribution in [0.4, 0.5) is 5.69 Å². The van der Waals surface area contributed by atoms with E-state index in [4.69, 9.17) is 4.74 Å². The molecule has 1 fully saturated rings. The van der Waals surface area contributed by atoms with Crippen molar-refractivity contribution in [2.24, 2.45) is 0 Å². The van der Waals surface area contributed by atoms with E-state index in [1.54, 1.807) is 7.11 Å². The lowest BCUT2D eigenvalue weighted by atomic mass is 10.1. The highest BCUT2D eigenvalue weighted by Crippen LogP contribution is 2.31. The van der Waals surface area contributed by atoms with Crippen LogP contribution in [0.1, 0.15) is 25.8 Å². The Morgan fingerprint density at radius 2 is 2.11 bits per heavy atom. The number of nitrogens with one attached hydrogen (secondary N) is 1. The van der Waals surface area contributed by atoms with Crippen LogP contribution in [-0.4, -0.2) is 32.3 Å². The van der Waals surface area contributed by atoms with Gasteiger partial charge in [-0.1, -0.05) is 6.07 Å². The molecule has 1 N–H and O–H groups in total. The quantitative estimate of drug-likeness (QED) is 0.870. The van der Waals surface area contributed by atoms with Crippen molar-refractivity contribution < 1.29 is 4.74 Å².